The molecule has 1 aliphatic rings. The van der Waals surface area contributed by atoms with E-state index in [0.29, 0.717) is 60.1 Å². The number of benzene rings is 2. The van der Waals surface area contributed by atoms with Gasteiger partial charge in [-0.15, -0.1) is 0 Å². The van der Waals surface area contributed by atoms with E-state index in [1.165, 1.54) is 4.57 Å². The standard InChI is InChI=1S/C29H31F3N6O6S/c1-37-22(28(39)34-20-16-19(29(30,31)32)17-21(27(20)42-2)36-45(3,40)41)15-18-5-4-6-23(26(18)37)44-25-7-9-33-24(35-25)8-10-38-11-13-43-14-12-38/h4-7,9,15-17,36H,8,10-14H2,1-3H3,(H,34,39). The summed E-state index contributed by atoms with van der Waals surface area (Å²) in [6.45, 7) is 3.86. The van der Waals surface area contributed by atoms with Gasteiger partial charge >= 0.3 is 6.18 Å². The van der Waals surface area contributed by atoms with Crippen molar-refractivity contribution >= 4 is 38.2 Å². The van der Waals surface area contributed by atoms with Crippen molar-refractivity contribution in [1.82, 2.24) is 19.4 Å². The first-order valence-electron chi connectivity index (χ1n) is 13.8. The number of anilines is 2. The van der Waals surface area contributed by atoms with Gasteiger partial charge in [-0.25, -0.2) is 13.4 Å². The van der Waals surface area contributed by atoms with Crippen LogP contribution in [-0.4, -0.2) is 80.0 Å². The van der Waals surface area contributed by atoms with E-state index in [4.69, 9.17) is 14.2 Å². The fourth-order valence-corrected chi connectivity index (χ4v) is 5.55. The van der Waals surface area contributed by atoms with Crippen molar-refractivity contribution in [1.29, 1.82) is 0 Å². The lowest BCUT2D eigenvalue weighted by atomic mass is 10.1. The number of amides is 1. The van der Waals surface area contributed by atoms with E-state index in [0.717, 1.165) is 33.0 Å². The molecule has 0 saturated carbocycles. The van der Waals surface area contributed by atoms with Crippen molar-refractivity contribution in [2.75, 3.05) is 56.3 Å². The number of fused-ring (bicyclic) bond motifs is 1. The molecule has 1 amide bonds. The lowest BCUT2D eigenvalue weighted by Crippen LogP contribution is -2.37. The van der Waals surface area contributed by atoms with Crippen molar-refractivity contribution in [2.45, 2.75) is 12.6 Å². The van der Waals surface area contributed by atoms with Gasteiger partial charge in [0.2, 0.25) is 15.9 Å². The van der Waals surface area contributed by atoms with Crippen LogP contribution in [0.3, 0.4) is 0 Å². The average Bonchev–Trinajstić information content (AvgIpc) is 3.33. The number of sulfonamides is 1. The normalized spacial score (nSPS) is 14.4. The van der Waals surface area contributed by atoms with Crippen molar-refractivity contribution in [2.24, 2.45) is 7.05 Å². The van der Waals surface area contributed by atoms with Crippen LogP contribution in [0.2, 0.25) is 0 Å². The van der Waals surface area contributed by atoms with E-state index in [2.05, 4.69) is 20.2 Å². The van der Waals surface area contributed by atoms with Crippen molar-refractivity contribution in [3.63, 3.8) is 0 Å². The molecule has 0 unspecified atom stereocenters. The van der Waals surface area contributed by atoms with Gasteiger partial charge in [0.15, 0.2) is 11.5 Å². The number of carbonyl (C=O) groups excluding carboxylic acids is 1. The molecule has 45 heavy (non-hydrogen) atoms. The second-order valence-corrected chi connectivity index (χ2v) is 12.1. The molecule has 0 spiro atoms. The third-order valence-corrected chi connectivity index (χ3v) is 7.66. The molecule has 0 radical (unpaired) electrons. The maximum absolute atomic E-state index is 13.7. The molecule has 0 atom stereocenters. The Bertz CT molecular complexity index is 1820. The number of aryl methyl sites for hydroxylation is 1. The number of nitrogens with zero attached hydrogens (tertiary/aromatic N) is 4. The van der Waals surface area contributed by atoms with Gasteiger partial charge in [0.1, 0.15) is 11.5 Å². The van der Waals surface area contributed by atoms with Gasteiger partial charge in [0.05, 0.1) is 49.0 Å². The van der Waals surface area contributed by atoms with Crippen LogP contribution >= 0.6 is 0 Å². The summed E-state index contributed by atoms with van der Waals surface area (Å²) in [5, 5.41) is 3.07. The van der Waals surface area contributed by atoms with Crippen LogP contribution in [0.4, 0.5) is 24.5 Å². The van der Waals surface area contributed by atoms with Gasteiger partial charge < -0.3 is 24.1 Å². The summed E-state index contributed by atoms with van der Waals surface area (Å²) < 4.78 is 85.0. The molecule has 5 rings (SSSR count). The Morgan fingerprint density at radius 1 is 1.11 bits per heavy atom. The van der Waals surface area contributed by atoms with E-state index >= 15 is 0 Å². The molecule has 2 aromatic heterocycles. The highest BCUT2D eigenvalue weighted by atomic mass is 32.2. The number of aromatic nitrogens is 3. The molecule has 240 valence electrons. The van der Waals surface area contributed by atoms with Crippen molar-refractivity contribution in [3.05, 3.63) is 65.7 Å². The minimum absolute atomic E-state index is 0.0898. The zero-order valence-electron chi connectivity index (χ0n) is 24.6. The molecule has 1 fully saturated rings. The number of morpholine rings is 1. The SMILES string of the molecule is COc1c(NC(=O)c2cc3cccc(Oc4ccnc(CCN5CCOCC5)n4)c3n2C)cc(C(F)(F)F)cc1NS(C)(=O)=O. The maximum Gasteiger partial charge on any atom is 0.416 e. The van der Waals surface area contributed by atoms with Crippen LogP contribution < -0.4 is 19.5 Å². The highest BCUT2D eigenvalue weighted by molar-refractivity contribution is 7.92. The number of hydrogen-bond acceptors (Lipinski definition) is 9. The minimum Gasteiger partial charge on any atom is -0.492 e. The van der Waals surface area contributed by atoms with E-state index < -0.39 is 33.4 Å². The number of carbonyl (C=O) groups is 1. The topological polar surface area (TPSA) is 137 Å². The Kier molecular flexibility index (Phi) is 9.18. The number of ether oxygens (including phenoxy) is 3. The van der Waals surface area contributed by atoms with Gasteiger partial charge in [-0.05, 0) is 24.3 Å². The average molecular weight is 649 g/mol. The molecule has 2 N–H and O–H groups in total. The molecule has 4 aromatic rings. The third-order valence-electron chi connectivity index (χ3n) is 7.07. The molecule has 12 nitrogen and oxygen atoms in total. The largest absolute Gasteiger partial charge is 0.492 e. The van der Waals surface area contributed by atoms with Crippen molar-refractivity contribution in [3.8, 4) is 17.4 Å². The van der Waals surface area contributed by atoms with E-state index in [-0.39, 0.29) is 17.1 Å². The summed E-state index contributed by atoms with van der Waals surface area (Å²) in [6.07, 6.45) is -1.82. The Morgan fingerprint density at radius 2 is 1.84 bits per heavy atom. The summed E-state index contributed by atoms with van der Waals surface area (Å²) in [4.78, 5) is 24.6. The molecule has 1 aliphatic heterocycles. The molecular formula is C29H31F3N6O6S. The number of halogens is 3. The Hall–Kier alpha value is -4.41. The monoisotopic (exact) mass is 648 g/mol. The van der Waals surface area contributed by atoms with Gasteiger partial charge in [-0.1, -0.05) is 12.1 Å². The smallest absolute Gasteiger partial charge is 0.416 e. The Balaban J connectivity index is 1.42. The molecule has 3 heterocycles. The molecule has 0 bridgehead atoms. The zero-order chi connectivity index (χ0) is 32.4. The lowest BCUT2D eigenvalue weighted by Gasteiger charge is -2.26. The third kappa shape index (κ3) is 7.64. The molecule has 16 heteroatoms. The molecule has 1 saturated heterocycles. The first-order chi connectivity index (χ1) is 21.3. The van der Waals surface area contributed by atoms with Crippen LogP contribution in [0.15, 0.2) is 48.7 Å². The number of methoxy groups -OCH3 is 1. The minimum atomic E-state index is -4.84. The van der Waals surface area contributed by atoms with Crippen LogP contribution in [0.1, 0.15) is 21.9 Å². The van der Waals surface area contributed by atoms with Gasteiger partial charge in [0, 0.05) is 50.8 Å². The molecular weight excluding hydrogens is 617 g/mol. The Morgan fingerprint density at radius 3 is 2.53 bits per heavy atom. The van der Waals surface area contributed by atoms with Gasteiger partial charge in [-0.2, -0.15) is 18.2 Å². The van der Waals surface area contributed by atoms with Gasteiger partial charge in [-0.3, -0.25) is 14.4 Å². The molecule has 0 aliphatic carbocycles. The maximum atomic E-state index is 13.7. The second kappa shape index (κ2) is 12.9. The van der Waals surface area contributed by atoms with E-state index in [9.17, 15) is 26.4 Å². The number of hydrogen-bond donors (Lipinski definition) is 2. The number of rotatable bonds is 10. The van der Waals surface area contributed by atoms with E-state index in [1.54, 1.807) is 43.6 Å². The summed E-state index contributed by atoms with van der Waals surface area (Å²) in [6, 6.07) is 9.64. The summed E-state index contributed by atoms with van der Waals surface area (Å²) in [7, 11) is -1.22. The quantitative estimate of drug-likeness (QED) is 0.258. The fraction of sp³-hybridized carbons (Fsp3) is 0.345. The van der Waals surface area contributed by atoms with Crippen LogP contribution in [0, 0.1) is 0 Å². The molecule has 2 aromatic carbocycles. The predicted octanol–water partition coefficient (Wildman–Crippen LogP) is 4.29. The lowest BCUT2D eigenvalue weighted by molar-refractivity contribution is -0.137. The summed E-state index contributed by atoms with van der Waals surface area (Å²) in [5.74, 6) is 0.245. The fourth-order valence-electron chi connectivity index (χ4n) is 5.00. The second-order valence-electron chi connectivity index (χ2n) is 10.3. The van der Waals surface area contributed by atoms with E-state index in [1.807, 2.05) is 4.72 Å². The zero-order valence-corrected chi connectivity index (χ0v) is 25.5. The highest BCUT2D eigenvalue weighted by Crippen LogP contribution is 2.41. The first kappa shape index (κ1) is 32.0. The number of para-hydroxylation sites is 1. The van der Waals surface area contributed by atoms with Crippen LogP contribution in [0.25, 0.3) is 10.9 Å². The summed E-state index contributed by atoms with van der Waals surface area (Å²) in [5.41, 5.74) is -1.42. The highest BCUT2D eigenvalue weighted by Gasteiger charge is 2.33. The summed E-state index contributed by atoms with van der Waals surface area (Å²) >= 11 is 0. The predicted molar refractivity (Wildman–Crippen MR) is 160 cm³/mol. The van der Waals surface area contributed by atoms with Gasteiger partial charge in [0.25, 0.3) is 5.91 Å². The first-order valence-corrected chi connectivity index (χ1v) is 15.7. The van der Waals surface area contributed by atoms with Crippen LogP contribution in [-0.2, 0) is 34.4 Å². The number of alkyl halides is 3. The van der Waals surface area contributed by atoms with Crippen LogP contribution in [0.5, 0.6) is 17.4 Å². The Labute approximate surface area is 257 Å². The van der Waals surface area contributed by atoms with Crippen molar-refractivity contribution < 1.29 is 40.6 Å². The number of nitrogens with one attached hydrogen (secondary N) is 2.